The maximum Gasteiger partial charge on any atom is 0.277 e. The second-order valence-electron chi connectivity index (χ2n) is 8.08. The number of fused-ring (bicyclic) bond motifs is 6. The van der Waals surface area contributed by atoms with Crippen LogP contribution in [0.1, 0.15) is 59.3 Å². The molecule has 0 aromatic carbocycles. The van der Waals surface area contributed by atoms with Crippen molar-refractivity contribution in [3.05, 3.63) is 45.3 Å². The maximum absolute atomic E-state index is 13.6. The number of aromatic nitrogens is 4. The standard InChI is InChI=1S/C20H20N6O2/c1-10-12-7-11-8-21-17-15(22-9-23-17)13(11)24-14(12)19(28)26-16(10)18(27)25-20(26)5-3-2-4-6-20/h8-9,24H,2-7H2,1H3,(H,25,27)(H,21,22,23). The van der Waals surface area contributed by atoms with E-state index in [-0.39, 0.29) is 11.5 Å². The number of carbonyl (C=O) groups excluding carboxylic acids is 1. The Kier molecular flexibility index (Phi) is 2.95. The summed E-state index contributed by atoms with van der Waals surface area (Å²) in [6, 6.07) is 0. The van der Waals surface area contributed by atoms with Crippen molar-refractivity contribution in [1.82, 2.24) is 24.8 Å². The maximum atomic E-state index is 13.6. The first-order valence-electron chi connectivity index (χ1n) is 9.78. The number of nitrogens with zero attached hydrogens (tertiary/aromatic N) is 3. The molecule has 142 valence electrons. The molecule has 1 fully saturated rings. The fourth-order valence-electron chi connectivity index (χ4n) is 5.21. The summed E-state index contributed by atoms with van der Waals surface area (Å²) in [4.78, 5) is 38.2. The predicted octanol–water partition coefficient (Wildman–Crippen LogP) is 2.44. The number of carbonyl (C=O) groups is 1. The summed E-state index contributed by atoms with van der Waals surface area (Å²) in [5, 5.41) is 6.52. The lowest BCUT2D eigenvalue weighted by molar-refractivity contribution is 0.0876. The van der Waals surface area contributed by atoms with Crippen LogP contribution in [-0.2, 0) is 12.1 Å². The van der Waals surface area contributed by atoms with Gasteiger partial charge < -0.3 is 15.6 Å². The average Bonchev–Trinajstić information content (AvgIpc) is 3.28. The minimum Gasteiger partial charge on any atom is -0.349 e. The normalized spacial score (nSPS) is 19.1. The second-order valence-corrected chi connectivity index (χ2v) is 8.08. The molecule has 0 saturated heterocycles. The zero-order chi connectivity index (χ0) is 19.0. The minimum absolute atomic E-state index is 0.119. The Morgan fingerprint density at radius 3 is 2.75 bits per heavy atom. The molecule has 2 aliphatic heterocycles. The van der Waals surface area contributed by atoms with E-state index in [1.807, 2.05) is 6.92 Å². The molecule has 1 spiro atoms. The molecule has 1 aliphatic carbocycles. The summed E-state index contributed by atoms with van der Waals surface area (Å²) in [5.74, 6) is -0.132. The van der Waals surface area contributed by atoms with Gasteiger partial charge in [-0.05, 0) is 43.7 Å². The number of pyridine rings is 2. The Bertz CT molecular complexity index is 1230. The lowest BCUT2D eigenvalue weighted by Crippen LogP contribution is -2.49. The number of nitrogens with one attached hydrogen (secondary N) is 3. The van der Waals surface area contributed by atoms with E-state index in [1.165, 1.54) is 0 Å². The molecule has 3 aromatic heterocycles. The summed E-state index contributed by atoms with van der Waals surface area (Å²) >= 11 is 0. The van der Waals surface area contributed by atoms with Crippen LogP contribution in [0.5, 0.6) is 0 Å². The van der Waals surface area contributed by atoms with Gasteiger partial charge in [-0.3, -0.25) is 14.2 Å². The monoisotopic (exact) mass is 376 g/mol. The Balaban J connectivity index is 1.61. The number of hydrogen-bond donors (Lipinski definition) is 3. The van der Waals surface area contributed by atoms with Crippen LogP contribution in [-0.4, -0.2) is 25.4 Å². The van der Waals surface area contributed by atoms with Crippen LogP contribution >= 0.6 is 0 Å². The zero-order valence-electron chi connectivity index (χ0n) is 15.6. The molecule has 3 aromatic rings. The Morgan fingerprint density at radius 2 is 1.93 bits per heavy atom. The number of H-pyrrole nitrogens is 1. The van der Waals surface area contributed by atoms with E-state index in [9.17, 15) is 9.59 Å². The van der Waals surface area contributed by atoms with Gasteiger partial charge in [0, 0.05) is 18.2 Å². The van der Waals surface area contributed by atoms with Crippen LogP contribution in [0.25, 0.3) is 11.2 Å². The number of hydrogen-bond acceptors (Lipinski definition) is 5. The molecule has 8 nitrogen and oxygen atoms in total. The summed E-state index contributed by atoms with van der Waals surface area (Å²) in [6.07, 6.45) is 8.73. The van der Waals surface area contributed by atoms with Crippen LogP contribution in [0.15, 0.2) is 17.3 Å². The van der Waals surface area contributed by atoms with Crippen molar-refractivity contribution in [2.75, 3.05) is 5.32 Å². The minimum atomic E-state index is -0.578. The topological polar surface area (TPSA) is 105 Å². The van der Waals surface area contributed by atoms with Crippen molar-refractivity contribution >= 4 is 28.4 Å². The lowest BCUT2D eigenvalue weighted by atomic mass is 9.88. The molecule has 0 atom stereocenters. The van der Waals surface area contributed by atoms with Gasteiger partial charge in [0.15, 0.2) is 5.65 Å². The SMILES string of the molecule is Cc1c2c(c(=O)n3c1C(=O)NC31CCCCC1)Nc1c(cnc3nc[nH]c13)C2. The van der Waals surface area contributed by atoms with Crippen LogP contribution in [0.2, 0.25) is 0 Å². The molecule has 6 rings (SSSR count). The summed E-state index contributed by atoms with van der Waals surface area (Å²) in [7, 11) is 0. The Hall–Kier alpha value is -3.16. The van der Waals surface area contributed by atoms with E-state index in [4.69, 9.17) is 0 Å². The highest BCUT2D eigenvalue weighted by atomic mass is 16.2. The Labute approximate surface area is 160 Å². The number of aromatic amines is 1. The molecule has 8 heteroatoms. The molecule has 1 amide bonds. The average molecular weight is 376 g/mol. The van der Waals surface area contributed by atoms with E-state index < -0.39 is 5.66 Å². The smallest absolute Gasteiger partial charge is 0.277 e. The largest absolute Gasteiger partial charge is 0.349 e. The van der Waals surface area contributed by atoms with Crippen molar-refractivity contribution in [3.63, 3.8) is 0 Å². The van der Waals surface area contributed by atoms with Crippen molar-refractivity contribution in [2.24, 2.45) is 0 Å². The van der Waals surface area contributed by atoms with E-state index in [2.05, 4.69) is 25.6 Å². The zero-order valence-corrected chi connectivity index (χ0v) is 15.6. The van der Waals surface area contributed by atoms with Crippen LogP contribution in [0, 0.1) is 6.92 Å². The lowest BCUT2D eigenvalue weighted by Gasteiger charge is -2.36. The van der Waals surface area contributed by atoms with Crippen LogP contribution in [0.4, 0.5) is 11.4 Å². The summed E-state index contributed by atoms with van der Waals surface area (Å²) in [5.41, 5.74) is 5.40. The molecule has 0 unspecified atom stereocenters. The second kappa shape index (κ2) is 5.21. The van der Waals surface area contributed by atoms with E-state index in [0.29, 0.717) is 23.4 Å². The number of rotatable bonds is 0. The number of amides is 1. The first-order valence-corrected chi connectivity index (χ1v) is 9.78. The first kappa shape index (κ1) is 15.9. The van der Waals surface area contributed by atoms with Gasteiger partial charge in [-0.15, -0.1) is 0 Å². The van der Waals surface area contributed by atoms with Gasteiger partial charge >= 0.3 is 0 Å². The quantitative estimate of drug-likeness (QED) is 0.437. The Morgan fingerprint density at radius 1 is 1.11 bits per heavy atom. The third kappa shape index (κ3) is 1.85. The van der Waals surface area contributed by atoms with Gasteiger partial charge in [0.1, 0.15) is 22.6 Å². The van der Waals surface area contributed by atoms with Gasteiger partial charge in [0.05, 0.1) is 12.0 Å². The molecule has 28 heavy (non-hydrogen) atoms. The van der Waals surface area contributed by atoms with Crippen molar-refractivity contribution in [2.45, 2.75) is 51.1 Å². The molecular weight excluding hydrogens is 356 g/mol. The van der Waals surface area contributed by atoms with Crippen molar-refractivity contribution in [3.8, 4) is 0 Å². The number of anilines is 2. The first-order chi connectivity index (χ1) is 13.6. The summed E-state index contributed by atoms with van der Waals surface area (Å²) in [6.45, 7) is 1.94. The van der Waals surface area contributed by atoms with Crippen molar-refractivity contribution < 1.29 is 4.79 Å². The third-order valence-corrected chi connectivity index (χ3v) is 6.57. The van der Waals surface area contributed by atoms with E-state index in [1.54, 1.807) is 17.1 Å². The molecule has 3 aliphatic rings. The summed E-state index contributed by atoms with van der Waals surface area (Å²) < 4.78 is 1.74. The highest BCUT2D eigenvalue weighted by Crippen LogP contribution is 2.41. The number of imidazole rings is 1. The predicted molar refractivity (Wildman–Crippen MR) is 104 cm³/mol. The highest BCUT2D eigenvalue weighted by molar-refractivity contribution is 5.98. The van der Waals surface area contributed by atoms with Crippen LogP contribution in [0.3, 0.4) is 0 Å². The van der Waals surface area contributed by atoms with Gasteiger partial charge in [-0.2, -0.15) is 0 Å². The molecular formula is C20H20N6O2. The third-order valence-electron chi connectivity index (χ3n) is 6.57. The molecule has 0 radical (unpaired) electrons. The van der Waals surface area contributed by atoms with Gasteiger partial charge in [-0.1, -0.05) is 6.42 Å². The molecule has 0 bridgehead atoms. The van der Waals surface area contributed by atoms with Crippen LogP contribution < -0.4 is 16.2 Å². The van der Waals surface area contributed by atoms with Gasteiger partial charge in [-0.25, -0.2) is 9.97 Å². The molecule has 1 saturated carbocycles. The van der Waals surface area contributed by atoms with E-state index in [0.717, 1.165) is 60.0 Å². The van der Waals surface area contributed by atoms with Crippen molar-refractivity contribution in [1.29, 1.82) is 0 Å². The molecule has 5 heterocycles. The fraction of sp³-hybridized carbons (Fsp3) is 0.400. The van der Waals surface area contributed by atoms with E-state index >= 15 is 0 Å². The van der Waals surface area contributed by atoms with Gasteiger partial charge in [0.25, 0.3) is 11.5 Å². The molecule has 3 N–H and O–H groups in total. The van der Waals surface area contributed by atoms with Gasteiger partial charge in [0.2, 0.25) is 0 Å². The fourth-order valence-corrected chi connectivity index (χ4v) is 5.21. The highest BCUT2D eigenvalue weighted by Gasteiger charge is 2.46.